The molecule has 0 saturated carbocycles. The first-order valence-corrected chi connectivity index (χ1v) is 8.63. The molecular weight excluding hydrogens is 415 g/mol. The highest BCUT2D eigenvalue weighted by Crippen LogP contribution is 2.28. The van der Waals surface area contributed by atoms with Crippen molar-refractivity contribution in [2.45, 2.75) is 20.0 Å². The van der Waals surface area contributed by atoms with E-state index in [1.165, 1.54) is 0 Å². The van der Waals surface area contributed by atoms with Crippen LogP contribution in [0.2, 0.25) is 10.0 Å². The number of benzene rings is 2. The van der Waals surface area contributed by atoms with Gasteiger partial charge >= 0.3 is 0 Å². The summed E-state index contributed by atoms with van der Waals surface area (Å²) in [4.78, 5) is 12.1. The molecule has 4 nitrogen and oxygen atoms in total. The van der Waals surface area contributed by atoms with E-state index in [1.54, 1.807) is 25.1 Å². The minimum atomic E-state index is -0.759. The Morgan fingerprint density at radius 3 is 2.50 bits per heavy atom. The first kappa shape index (κ1) is 18.8. The van der Waals surface area contributed by atoms with E-state index in [2.05, 4.69) is 26.5 Å². The zero-order valence-corrected chi connectivity index (χ0v) is 16.1. The number of nitrogens with zero attached hydrogens (tertiary/aromatic N) is 1. The molecule has 126 valence electrons. The van der Waals surface area contributed by atoms with Gasteiger partial charge in [0.25, 0.3) is 5.91 Å². The summed E-state index contributed by atoms with van der Waals surface area (Å²) in [6, 6.07) is 12.4. The second kappa shape index (κ2) is 8.51. The Kier molecular flexibility index (Phi) is 6.66. The van der Waals surface area contributed by atoms with Gasteiger partial charge in [0.2, 0.25) is 0 Å². The molecule has 0 aliphatic rings. The molecule has 1 unspecified atom stereocenters. The normalized spacial score (nSPS) is 12.6. The van der Waals surface area contributed by atoms with Crippen molar-refractivity contribution in [3.05, 3.63) is 62.5 Å². The highest BCUT2D eigenvalue weighted by atomic mass is 79.9. The van der Waals surface area contributed by atoms with Crippen molar-refractivity contribution < 1.29 is 9.53 Å². The molecule has 0 bridgehead atoms. The molecule has 0 spiro atoms. The van der Waals surface area contributed by atoms with Crippen LogP contribution in [0, 0.1) is 0 Å². The SMILES string of the molecule is CC(=NNC(=O)C(C)Oc1ccc(Cl)cc1Cl)c1ccc(Br)cc1. The van der Waals surface area contributed by atoms with Gasteiger partial charge in [-0.3, -0.25) is 4.79 Å². The fourth-order valence-corrected chi connectivity index (χ4v) is 2.52. The average Bonchev–Trinajstić information content (AvgIpc) is 2.55. The fourth-order valence-electron chi connectivity index (χ4n) is 1.80. The van der Waals surface area contributed by atoms with Gasteiger partial charge in [-0.15, -0.1) is 0 Å². The molecular formula is C17H15BrCl2N2O2. The van der Waals surface area contributed by atoms with Crippen molar-refractivity contribution in [3.8, 4) is 5.75 Å². The third-order valence-corrected chi connectivity index (χ3v) is 4.22. The molecule has 0 heterocycles. The van der Waals surface area contributed by atoms with Crippen LogP contribution in [0.5, 0.6) is 5.75 Å². The smallest absolute Gasteiger partial charge is 0.280 e. The van der Waals surface area contributed by atoms with E-state index < -0.39 is 6.10 Å². The van der Waals surface area contributed by atoms with Gasteiger partial charge in [0.15, 0.2) is 6.10 Å². The number of amides is 1. The highest BCUT2D eigenvalue weighted by molar-refractivity contribution is 9.10. The largest absolute Gasteiger partial charge is 0.479 e. The predicted octanol–water partition coefficient (Wildman–Crippen LogP) is 5.06. The summed E-state index contributed by atoms with van der Waals surface area (Å²) < 4.78 is 6.51. The Hall–Kier alpha value is -1.56. The van der Waals surface area contributed by atoms with Crippen LogP contribution in [0.25, 0.3) is 0 Å². The van der Waals surface area contributed by atoms with E-state index in [1.807, 2.05) is 31.2 Å². The number of ether oxygens (including phenoxy) is 1. The van der Waals surface area contributed by atoms with Crippen molar-refractivity contribution in [3.63, 3.8) is 0 Å². The van der Waals surface area contributed by atoms with Crippen LogP contribution < -0.4 is 10.2 Å². The molecule has 2 aromatic carbocycles. The maximum Gasteiger partial charge on any atom is 0.280 e. The average molecular weight is 430 g/mol. The standard InChI is InChI=1S/C17H15BrCl2N2O2/c1-10(12-3-5-13(18)6-4-12)21-22-17(23)11(2)24-16-8-7-14(19)9-15(16)20/h3-9,11H,1-2H3,(H,22,23). The van der Waals surface area contributed by atoms with Gasteiger partial charge in [-0.25, -0.2) is 5.43 Å². The molecule has 0 radical (unpaired) electrons. The zero-order valence-electron chi connectivity index (χ0n) is 13.0. The summed E-state index contributed by atoms with van der Waals surface area (Å²) in [5.74, 6) is 0.00908. The van der Waals surface area contributed by atoms with E-state index >= 15 is 0 Å². The number of nitrogens with one attached hydrogen (secondary N) is 1. The molecule has 2 aromatic rings. The summed E-state index contributed by atoms with van der Waals surface area (Å²) in [6.45, 7) is 3.43. The summed E-state index contributed by atoms with van der Waals surface area (Å²) in [7, 11) is 0. The first-order valence-electron chi connectivity index (χ1n) is 7.08. The van der Waals surface area contributed by atoms with Crippen LogP contribution in [0.1, 0.15) is 19.4 Å². The molecule has 0 aliphatic heterocycles. The van der Waals surface area contributed by atoms with Crippen LogP contribution in [-0.4, -0.2) is 17.7 Å². The summed E-state index contributed by atoms with van der Waals surface area (Å²) in [5, 5.41) is 4.93. The zero-order chi connectivity index (χ0) is 17.7. The lowest BCUT2D eigenvalue weighted by Gasteiger charge is -2.14. The van der Waals surface area contributed by atoms with Crippen LogP contribution in [0.15, 0.2) is 52.0 Å². The van der Waals surface area contributed by atoms with E-state index in [-0.39, 0.29) is 5.91 Å². The van der Waals surface area contributed by atoms with E-state index in [0.717, 1.165) is 10.0 Å². The number of halogens is 3. The number of carbonyl (C=O) groups is 1. The summed E-state index contributed by atoms with van der Waals surface area (Å²) >= 11 is 15.2. The molecule has 2 rings (SSSR count). The lowest BCUT2D eigenvalue weighted by molar-refractivity contribution is -0.127. The fraction of sp³-hybridized carbons (Fsp3) is 0.176. The topological polar surface area (TPSA) is 50.7 Å². The lowest BCUT2D eigenvalue weighted by Crippen LogP contribution is -2.34. The van der Waals surface area contributed by atoms with Crippen LogP contribution >= 0.6 is 39.1 Å². The minimum Gasteiger partial charge on any atom is -0.479 e. The molecule has 0 aliphatic carbocycles. The first-order chi connectivity index (χ1) is 11.4. The minimum absolute atomic E-state index is 0.344. The van der Waals surface area contributed by atoms with Gasteiger partial charge in [-0.1, -0.05) is 51.3 Å². The van der Waals surface area contributed by atoms with Crippen molar-refractivity contribution in [2.75, 3.05) is 0 Å². The van der Waals surface area contributed by atoms with E-state index in [0.29, 0.717) is 21.5 Å². The quantitative estimate of drug-likeness (QED) is 0.533. The maximum atomic E-state index is 12.1. The van der Waals surface area contributed by atoms with E-state index in [4.69, 9.17) is 27.9 Å². The van der Waals surface area contributed by atoms with Gasteiger partial charge in [-0.05, 0) is 49.7 Å². The predicted molar refractivity (Wildman–Crippen MR) is 101 cm³/mol. The van der Waals surface area contributed by atoms with Gasteiger partial charge in [0, 0.05) is 9.50 Å². The molecule has 0 aromatic heterocycles. The second-order valence-corrected chi connectivity index (χ2v) is 6.77. The van der Waals surface area contributed by atoms with Gasteiger partial charge < -0.3 is 4.74 Å². The Balaban J connectivity index is 1.98. The van der Waals surface area contributed by atoms with Gasteiger partial charge in [0.05, 0.1) is 10.7 Å². The number of rotatable bonds is 5. The van der Waals surface area contributed by atoms with Gasteiger partial charge in [0.1, 0.15) is 5.75 Å². The molecule has 1 atom stereocenters. The number of hydrazone groups is 1. The van der Waals surface area contributed by atoms with Crippen LogP contribution in [0.4, 0.5) is 0 Å². The molecule has 7 heteroatoms. The van der Waals surface area contributed by atoms with Crippen molar-refractivity contribution in [2.24, 2.45) is 5.10 Å². The van der Waals surface area contributed by atoms with Crippen LogP contribution in [0.3, 0.4) is 0 Å². The van der Waals surface area contributed by atoms with Crippen molar-refractivity contribution >= 4 is 50.8 Å². The van der Waals surface area contributed by atoms with Crippen LogP contribution in [-0.2, 0) is 4.79 Å². The second-order valence-electron chi connectivity index (χ2n) is 5.01. The third-order valence-electron chi connectivity index (χ3n) is 3.16. The van der Waals surface area contributed by atoms with Crippen molar-refractivity contribution in [1.29, 1.82) is 0 Å². The molecule has 0 fully saturated rings. The van der Waals surface area contributed by atoms with Gasteiger partial charge in [-0.2, -0.15) is 5.10 Å². The summed E-state index contributed by atoms with van der Waals surface area (Å²) in [6.07, 6.45) is -0.759. The molecule has 1 N–H and O–H groups in total. The third kappa shape index (κ3) is 5.23. The van der Waals surface area contributed by atoms with Crippen molar-refractivity contribution in [1.82, 2.24) is 5.43 Å². The molecule has 0 saturated heterocycles. The van der Waals surface area contributed by atoms with E-state index in [9.17, 15) is 4.79 Å². The number of hydrogen-bond donors (Lipinski definition) is 1. The Bertz CT molecular complexity index is 764. The highest BCUT2D eigenvalue weighted by Gasteiger charge is 2.16. The maximum absolute atomic E-state index is 12.1. The molecule has 1 amide bonds. The monoisotopic (exact) mass is 428 g/mol. The Labute approximate surface area is 158 Å². The summed E-state index contributed by atoms with van der Waals surface area (Å²) in [5.41, 5.74) is 4.09. The lowest BCUT2D eigenvalue weighted by atomic mass is 10.1. The number of carbonyl (C=O) groups excluding carboxylic acids is 1. The Morgan fingerprint density at radius 2 is 1.88 bits per heavy atom. The Morgan fingerprint density at radius 1 is 1.21 bits per heavy atom. The molecule has 24 heavy (non-hydrogen) atoms. The number of hydrogen-bond acceptors (Lipinski definition) is 3.